The standard InChI is InChI=1S/C15H23NO2S/c1-3-12(16-2)5-4-10-19-13-6-7-14-15(11-13)18-9-8-17-14/h6-7,11-12,16H,3-5,8-10H2,1-2H3. The van der Waals surface area contributed by atoms with E-state index >= 15 is 0 Å². The van der Waals surface area contributed by atoms with E-state index in [1.807, 2.05) is 24.9 Å². The first-order chi connectivity index (χ1) is 9.33. The van der Waals surface area contributed by atoms with Crippen molar-refractivity contribution in [1.29, 1.82) is 0 Å². The minimum Gasteiger partial charge on any atom is -0.486 e. The molecule has 1 heterocycles. The SMILES string of the molecule is CCC(CCCSc1ccc2c(c1)OCCO2)NC. The molecule has 0 fully saturated rings. The molecule has 19 heavy (non-hydrogen) atoms. The van der Waals surface area contributed by atoms with Crippen LogP contribution in [0.25, 0.3) is 0 Å². The van der Waals surface area contributed by atoms with Crippen molar-refractivity contribution >= 4 is 11.8 Å². The third-order valence-electron chi connectivity index (χ3n) is 3.38. The van der Waals surface area contributed by atoms with Crippen molar-refractivity contribution in [3.63, 3.8) is 0 Å². The lowest BCUT2D eigenvalue weighted by molar-refractivity contribution is 0.171. The van der Waals surface area contributed by atoms with Crippen molar-refractivity contribution in [2.24, 2.45) is 0 Å². The average Bonchev–Trinajstić information content (AvgIpc) is 2.47. The minimum atomic E-state index is 0.654. The zero-order valence-electron chi connectivity index (χ0n) is 11.8. The highest BCUT2D eigenvalue weighted by Gasteiger charge is 2.11. The van der Waals surface area contributed by atoms with Gasteiger partial charge in [-0.1, -0.05) is 6.92 Å². The Morgan fingerprint density at radius 2 is 2.05 bits per heavy atom. The molecule has 0 saturated heterocycles. The number of rotatable bonds is 7. The summed E-state index contributed by atoms with van der Waals surface area (Å²) in [4.78, 5) is 1.27. The van der Waals surface area contributed by atoms with E-state index in [2.05, 4.69) is 24.4 Å². The quantitative estimate of drug-likeness (QED) is 0.613. The van der Waals surface area contributed by atoms with Gasteiger partial charge in [0.15, 0.2) is 11.5 Å². The van der Waals surface area contributed by atoms with Gasteiger partial charge in [-0.25, -0.2) is 0 Å². The van der Waals surface area contributed by atoms with E-state index in [4.69, 9.17) is 9.47 Å². The van der Waals surface area contributed by atoms with Gasteiger partial charge in [-0.3, -0.25) is 0 Å². The zero-order chi connectivity index (χ0) is 13.5. The van der Waals surface area contributed by atoms with E-state index in [1.165, 1.54) is 24.2 Å². The summed E-state index contributed by atoms with van der Waals surface area (Å²) >= 11 is 1.89. The molecule has 2 rings (SSSR count). The Hall–Kier alpha value is -0.870. The van der Waals surface area contributed by atoms with Crippen LogP contribution in [0.15, 0.2) is 23.1 Å². The smallest absolute Gasteiger partial charge is 0.162 e. The number of thioether (sulfide) groups is 1. The van der Waals surface area contributed by atoms with Crippen molar-refractivity contribution in [2.75, 3.05) is 26.0 Å². The molecule has 1 N–H and O–H groups in total. The van der Waals surface area contributed by atoms with Gasteiger partial charge in [0, 0.05) is 10.9 Å². The normalized spacial score (nSPS) is 15.3. The molecule has 0 amide bonds. The van der Waals surface area contributed by atoms with Crippen LogP contribution in [0.5, 0.6) is 11.5 Å². The van der Waals surface area contributed by atoms with Crippen LogP contribution >= 0.6 is 11.8 Å². The predicted octanol–water partition coefficient (Wildman–Crippen LogP) is 3.33. The van der Waals surface area contributed by atoms with E-state index in [0.717, 1.165) is 17.3 Å². The first-order valence-electron chi connectivity index (χ1n) is 7.03. The van der Waals surface area contributed by atoms with E-state index in [-0.39, 0.29) is 0 Å². The first-order valence-corrected chi connectivity index (χ1v) is 8.01. The van der Waals surface area contributed by atoms with E-state index < -0.39 is 0 Å². The maximum absolute atomic E-state index is 5.60. The summed E-state index contributed by atoms with van der Waals surface area (Å²) in [6, 6.07) is 6.88. The van der Waals surface area contributed by atoms with Crippen molar-refractivity contribution in [3.05, 3.63) is 18.2 Å². The summed E-state index contributed by atoms with van der Waals surface area (Å²) in [6.07, 6.45) is 3.67. The molecule has 106 valence electrons. The van der Waals surface area contributed by atoms with Crippen LogP contribution in [0, 0.1) is 0 Å². The molecule has 1 atom stereocenters. The van der Waals surface area contributed by atoms with Crippen LogP contribution in [0.4, 0.5) is 0 Å². The summed E-state index contributed by atoms with van der Waals surface area (Å²) < 4.78 is 11.1. The lowest BCUT2D eigenvalue weighted by Gasteiger charge is -2.18. The molecular formula is C15H23NO2S. The fourth-order valence-corrected chi connectivity index (χ4v) is 3.09. The van der Waals surface area contributed by atoms with Crippen molar-refractivity contribution < 1.29 is 9.47 Å². The minimum absolute atomic E-state index is 0.654. The molecular weight excluding hydrogens is 258 g/mol. The molecule has 0 radical (unpaired) electrons. The van der Waals surface area contributed by atoms with Crippen molar-refractivity contribution in [1.82, 2.24) is 5.32 Å². The van der Waals surface area contributed by atoms with Gasteiger partial charge in [0.1, 0.15) is 13.2 Å². The van der Waals surface area contributed by atoms with E-state index in [1.54, 1.807) is 0 Å². The monoisotopic (exact) mass is 281 g/mol. The van der Waals surface area contributed by atoms with Gasteiger partial charge < -0.3 is 14.8 Å². The highest BCUT2D eigenvalue weighted by Crippen LogP contribution is 2.34. The van der Waals surface area contributed by atoms with Gasteiger partial charge in [0.2, 0.25) is 0 Å². The number of hydrogen-bond donors (Lipinski definition) is 1. The van der Waals surface area contributed by atoms with Gasteiger partial charge in [-0.15, -0.1) is 11.8 Å². The van der Waals surface area contributed by atoms with Gasteiger partial charge in [-0.05, 0) is 50.3 Å². The van der Waals surface area contributed by atoms with Crippen LogP contribution < -0.4 is 14.8 Å². The summed E-state index contributed by atoms with van der Waals surface area (Å²) in [6.45, 7) is 3.54. The number of fused-ring (bicyclic) bond motifs is 1. The molecule has 1 aromatic carbocycles. The maximum atomic E-state index is 5.60. The Bertz CT molecular complexity index is 394. The van der Waals surface area contributed by atoms with Gasteiger partial charge in [0.25, 0.3) is 0 Å². The Labute approximate surface area is 120 Å². The Balaban J connectivity index is 1.77. The highest BCUT2D eigenvalue weighted by molar-refractivity contribution is 7.99. The van der Waals surface area contributed by atoms with Crippen LogP contribution in [-0.4, -0.2) is 32.1 Å². The molecule has 0 bridgehead atoms. The molecule has 0 spiro atoms. The molecule has 1 aromatic rings. The van der Waals surface area contributed by atoms with E-state index in [9.17, 15) is 0 Å². The molecule has 0 aliphatic carbocycles. The lowest BCUT2D eigenvalue weighted by atomic mass is 10.1. The molecule has 1 aliphatic heterocycles. The Kier molecular flexibility index (Phi) is 5.86. The number of hydrogen-bond acceptors (Lipinski definition) is 4. The largest absolute Gasteiger partial charge is 0.486 e. The molecule has 3 nitrogen and oxygen atoms in total. The Morgan fingerprint density at radius 1 is 1.26 bits per heavy atom. The maximum Gasteiger partial charge on any atom is 0.162 e. The fourth-order valence-electron chi connectivity index (χ4n) is 2.19. The lowest BCUT2D eigenvalue weighted by Crippen LogP contribution is -2.23. The number of benzene rings is 1. The van der Waals surface area contributed by atoms with Crippen LogP contribution in [0.2, 0.25) is 0 Å². The summed E-state index contributed by atoms with van der Waals surface area (Å²) in [5, 5.41) is 3.35. The van der Waals surface area contributed by atoms with Gasteiger partial charge in [0.05, 0.1) is 0 Å². The highest BCUT2D eigenvalue weighted by atomic mass is 32.2. The van der Waals surface area contributed by atoms with Crippen LogP contribution in [0.3, 0.4) is 0 Å². The topological polar surface area (TPSA) is 30.5 Å². The molecule has 4 heteroatoms. The predicted molar refractivity (Wildman–Crippen MR) is 80.5 cm³/mol. The molecule has 1 unspecified atom stereocenters. The van der Waals surface area contributed by atoms with E-state index in [0.29, 0.717) is 19.3 Å². The third kappa shape index (κ3) is 4.32. The summed E-state index contributed by atoms with van der Waals surface area (Å²) in [5.74, 6) is 2.91. The van der Waals surface area contributed by atoms with Crippen LogP contribution in [0.1, 0.15) is 26.2 Å². The summed E-state index contributed by atoms with van der Waals surface area (Å²) in [7, 11) is 2.04. The molecule has 0 aromatic heterocycles. The first kappa shape index (κ1) is 14.5. The second-order valence-corrected chi connectivity index (χ2v) is 5.86. The number of nitrogens with one attached hydrogen (secondary N) is 1. The van der Waals surface area contributed by atoms with Crippen molar-refractivity contribution in [2.45, 2.75) is 37.1 Å². The molecule has 0 saturated carbocycles. The average molecular weight is 281 g/mol. The van der Waals surface area contributed by atoms with Crippen molar-refractivity contribution in [3.8, 4) is 11.5 Å². The second kappa shape index (κ2) is 7.65. The number of ether oxygens (including phenoxy) is 2. The second-order valence-electron chi connectivity index (χ2n) is 4.69. The third-order valence-corrected chi connectivity index (χ3v) is 4.46. The van der Waals surface area contributed by atoms with Crippen LogP contribution in [-0.2, 0) is 0 Å². The zero-order valence-corrected chi connectivity index (χ0v) is 12.6. The summed E-state index contributed by atoms with van der Waals surface area (Å²) in [5.41, 5.74) is 0. The van der Waals surface area contributed by atoms with Gasteiger partial charge in [-0.2, -0.15) is 0 Å². The molecule has 1 aliphatic rings. The van der Waals surface area contributed by atoms with Gasteiger partial charge >= 0.3 is 0 Å². The Morgan fingerprint density at radius 3 is 2.79 bits per heavy atom. The fraction of sp³-hybridized carbons (Fsp3) is 0.600.